The van der Waals surface area contributed by atoms with Crippen LogP contribution in [0.5, 0.6) is 5.75 Å². The number of halogens is 1. The summed E-state index contributed by atoms with van der Waals surface area (Å²) in [6, 6.07) is 7.27. The zero-order valence-corrected chi connectivity index (χ0v) is 15.0. The highest BCUT2D eigenvalue weighted by Gasteiger charge is 2.31. The summed E-state index contributed by atoms with van der Waals surface area (Å²) in [5.74, 6) is 0.969. The standard InChI is InChI=1S/C18H25ClN2O4/c19-15-1-3-16(4-2-15)25-13-18(22)20-11-17(14-5-8-24-12-14)21-6-9-23-10-7-21/h1-4,14,17H,5-13H2,(H,20,22). The minimum Gasteiger partial charge on any atom is -0.484 e. The fourth-order valence-corrected chi connectivity index (χ4v) is 3.43. The van der Waals surface area contributed by atoms with Crippen LogP contribution in [-0.2, 0) is 14.3 Å². The van der Waals surface area contributed by atoms with Gasteiger partial charge in [0, 0.05) is 43.2 Å². The van der Waals surface area contributed by atoms with E-state index in [2.05, 4.69) is 10.2 Å². The highest BCUT2D eigenvalue weighted by atomic mass is 35.5. The summed E-state index contributed by atoms with van der Waals surface area (Å²) in [7, 11) is 0. The van der Waals surface area contributed by atoms with Gasteiger partial charge in [-0.2, -0.15) is 0 Å². The molecule has 1 aromatic rings. The molecule has 2 fully saturated rings. The molecule has 2 unspecified atom stereocenters. The molecule has 0 spiro atoms. The van der Waals surface area contributed by atoms with E-state index in [-0.39, 0.29) is 18.6 Å². The normalized spacial score (nSPS) is 22.5. The topological polar surface area (TPSA) is 60.0 Å². The molecule has 0 aliphatic carbocycles. The highest BCUT2D eigenvalue weighted by Crippen LogP contribution is 2.22. The van der Waals surface area contributed by atoms with E-state index in [4.69, 9.17) is 25.8 Å². The Morgan fingerprint density at radius 2 is 2.00 bits per heavy atom. The minimum atomic E-state index is -0.118. The van der Waals surface area contributed by atoms with Crippen LogP contribution in [0.4, 0.5) is 0 Å². The van der Waals surface area contributed by atoms with Gasteiger partial charge in [-0.3, -0.25) is 9.69 Å². The SMILES string of the molecule is O=C(COc1ccc(Cl)cc1)NCC(C1CCOC1)N1CCOCC1. The van der Waals surface area contributed by atoms with Gasteiger partial charge in [0.25, 0.3) is 5.91 Å². The van der Waals surface area contributed by atoms with Crippen LogP contribution in [-0.4, -0.2) is 69.5 Å². The lowest BCUT2D eigenvalue weighted by molar-refractivity contribution is -0.123. The van der Waals surface area contributed by atoms with E-state index < -0.39 is 0 Å². The monoisotopic (exact) mass is 368 g/mol. The van der Waals surface area contributed by atoms with Gasteiger partial charge in [0.2, 0.25) is 0 Å². The number of hydrogen-bond donors (Lipinski definition) is 1. The molecule has 7 heteroatoms. The van der Waals surface area contributed by atoms with Gasteiger partial charge in [-0.15, -0.1) is 0 Å². The van der Waals surface area contributed by atoms with Crippen molar-refractivity contribution in [2.24, 2.45) is 5.92 Å². The largest absolute Gasteiger partial charge is 0.484 e. The Labute approximate surface area is 153 Å². The van der Waals surface area contributed by atoms with Gasteiger partial charge in [0.05, 0.1) is 19.8 Å². The summed E-state index contributed by atoms with van der Waals surface area (Å²) >= 11 is 5.84. The molecule has 0 aromatic heterocycles. The molecular weight excluding hydrogens is 344 g/mol. The third-order valence-electron chi connectivity index (χ3n) is 4.72. The number of carbonyl (C=O) groups excluding carboxylic acids is 1. The predicted octanol–water partition coefficient (Wildman–Crippen LogP) is 1.57. The fourth-order valence-electron chi connectivity index (χ4n) is 3.31. The molecule has 0 radical (unpaired) electrons. The van der Waals surface area contributed by atoms with Crippen molar-refractivity contribution in [3.8, 4) is 5.75 Å². The number of nitrogens with zero attached hydrogens (tertiary/aromatic N) is 1. The number of carbonyl (C=O) groups is 1. The molecule has 2 atom stereocenters. The van der Waals surface area contributed by atoms with Crippen LogP contribution >= 0.6 is 11.6 Å². The number of hydrogen-bond acceptors (Lipinski definition) is 5. The molecule has 1 amide bonds. The predicted molar refractivity (Wildman–Crippen MR) is 95.1 cm³/mol. The van der Waals surface area contributed by atoms with Gasteiger partial charge in [-0.1, -0.05) is 11.6 Å². The van der Waals surface area contributed by atoms with Crippen LogP contribution in [0.3, 0.4) is 0 Å². The van der Waals surface area contributed by atoms with Gasteiger partial charge in [-0.05, 0) is 30.7 Å². The lowest BCUT2D eigenvalue weighted by Crippen LogP contribution is -2.52. The molecule has 2 aliphatic heterocycles. The molecule has 1 aromatic carbocycles. The van der Waals surface area contributed by atoms with Crippen LogP contribution in [0.2, 0.25) is 5.02 Å². The molecule has 0 bridgehead atoms. The molecule has 3 rings (SSSR count). The first kappa shape index (κ1) is 18.5. The molecule has 2 heterocycles. The first-order chi connectivity index (χ1) is 12.2. The van der Waals surface area contributed by atoms with E-state index in [1.807, 2.05) is 0 Å². The second-order valence-electron chi connectivity index (χ2n) is 6.39. The number of benzene rings is 1. The molecule has 25 heavy (non-hydrogen) atoms. The lowest BCUT2D eigenvalue weighted by atomic mass is 9.97. The third kappa shape index (κ3) is 5.57. The average Bonchev–Trinajstić information content (AvgIpc) is 3.17. The van der Waals surface area contributed by atoms with E-state index in [9.17, 15) is 4.79 Å². The van der Waals surface area contributed by atoms with Crippen molar-refractivity contribution in [1.29, 1.82) is 0 Å². The Bertz CT molecular complexity index is 543. The first-order valence-electron chi connectivity index (χ1n) is 8.77. The summed E-state index contributed by atoms with van der Waals surface area (Å²) < 4.78 is 16.5. The van der Waals surface area contributed by atoms with E-state index in [1.54, 1.807) is 24.3 Å². The molecule has 0 saturated carbocycles. The first-order valence-corrected chi connectivity index (χ1v) is 9.15. The number of amides is 1. The maximum Gasteiger partial charge on any atom is 0.257 e. The van der Waals surface area contributed by atoms with Gasteiger partial charge >= 0.3 is 0 Å². The molecule has 2 aliphatic rings. The van der Waals surface area contributed by atoms with Gasteiger partial charge in [-0.25, -0.2) is 0 Å². The number of nitrogens with one attached hydrogen (secondary N) is 1. The Balaban J connectivity index is 1.47. The molecule has 138 valence electrons. The Kier molecular flexibility index (Phi) is 6.93. The van der Waals surface area contributed by atoms with Crippen molar-refractivity contribution in [3.05, 3.63) is 29.3 Å². The molecular formula is C18H25ClN2O4. The van der Waals surface area contributed by atoms with E-state index in [0.29, 0.717) is 23.2 Å². The second-order valence-corrected chi connectivity index (χ2v) is 6.82. The summed E-state index contributed by atoms with van der Waals surface area (Å²) in [5.41, 5.74) is 0. The Hall–Kier alpha value is -1.34. The van der Waals surface area contributed by atoms with Gasteiger partial charge < -0.3 is 19.5 Å². The number of ether oxygens (including phenoxy) is 3. The van der Waals surface area contributed by atoms with Crippen LogP contribution in [0, 0.1) is 5.92 Å². The molecule has 1 N–H and O–H groups in total. The van der Waals surface area contributed by atoms with Crippen molar-refractivity contribution >= 4 is 17.5 Å². The quantitative estimate of drug-likeness (QED) is 0.791. The Morgan fingerprint density at radius 1 is 1.24 bits per heavy atom. The summed E-state index contributed by atoms with van der Waals surface area (Å²) in [6.07, 6.45) is 1.04. The maximum absolute atomic E-state index is 12.1. The van der Waals surface area contributed by atoms with E-state index in [0.717, 1.165) is 45.9 Å². The number of morpholine rings is 1. The van der Waals surface area contributed by atoms with Gasteiger partial charge in [0.15, 0.2) is 6.61 Å². The summed E-state index contributed by atoms with van der Waals surface area (Å²) in [6.45, 7) is 5.47. The Morgan fingerprint density at radius 3 is 2.68 bits per heavy atom. The maximum atomic E-state index is 12.1. The van der Waals surface area contributed by atoms with Crippen molar-refractivity contribution in [3.63, 3.8) is 0 Å². The van der Waals surface area contributed by atoms with Crippen molar-refractivity contribution < 1.29 is 19.0 Å². The van der Waals surface area contributed by atoms with E-state index in [1.165, 1.54) is 0 Å². The van der Waals surface area contributed by atoms with Crippen LogP contribution in [0.25, 0.3) is 0 Å². The minimum absolute atomic E-state index is 0.00136. The van der Waals surface area contributed by atoms with Crippen molar-refractivity contribution in [2.45, 2.75) is 12.5 Å². The third-order valence-corrected chi connectivity index (χ3v) is 4.97. The van der Waals surface area contributed by atoms with Crippen LogP contribution in [0.1, 0.15) is 6.42 Å². The van der Waals surface area contributed by atoms with Gasteiger partial charge in [0.1, 0.15) is 5.75 Å². The van der Waals surface area contributed by atoms with Crippen LogP contribution in [0.15, 0.2) is 24.3 Å². The highest BCUT2D eigenvalue weighted by molar-refractivity contribution is 6.30. The summed E-state index contributed by atoms with van der Waals surface area (Å²) in [4.78, 5) is 14.6. The average molecular weight is 369 g/mol. The zero-order chi connectivity index (χ0) is 17.5. The van der Waals surface area contributed by atoms with Crippen molar-refractivity contribution in [2.75, 3.05) is 52.7 Å². The van der Waals surface area contributed by atoms with Crippen LogP contribution < -0.4 is 10.1 Å². The molecule has 2 saturated heterocycles. The van der Waals surface area contributed by atoms with E-state index >= 15 is 0 Å². The lowest BCUT2D eigenvalue weighted by Gasteiger charge is -2.37. The fraction of sp³-hybridized carbons (Fsp3) is 0.611. The second kappa shape index (κ2) is 9.38. The van der Waals surface area contributed by atoms with Crippen molar-refractivity contribution in [1.82, 2.24) is 10.2 Å². The molecule has 6 nitrogen and oxygen atoms in total. The smallest absolute Gasteiger partial charge is 0.257 e. The summed E-state index contributed by atoms with van der Waals surface area (Å²) in [5, 5.41) is 3.65. The number of rotatable bonds is 7. The zero-order valence-electron chi connectivity index (χ0n) is 14.3.